The number of hydrogen-bond donors (Lipinski definition) is 1. The van der Waals surface area contributed by atoms with Crippen LogP contribution in [0.3, 0.4) is 0 Å². The summed E-state index contributed by atoms with van der Waals surface area (Å²) in [5.41, 5.74) is 7.34. The number of aromatic nitrogens is 3. The molecule has 2 aromatic heterocycles. The fourth-order valence-corrected chi connectivity index (χ4v) is 4.18. The van der Waals surface area contributed by atoms with Gasteiger partial charge in [-0.1, -0.05) is 6.92 Å². The van der Waals surface area contributed by atoms with Crippen LogP contribution in [0.15, 0.2) is 22.6 Å². The third-order valence-corrected chi connectivity index (χ3v) is 5.62. The third kappa shape index (κ3) is 3.43. The molecule has 2 N–H and O–H groups in total. The van der Waals surface area contributed by atoms with E-state index in [-0.39, 0.29) is 11.8 Å². The molecule has 1 aliphatic rings. The first-order valence-corrected chi connectivity index (χ1v) is 9.99. The number of benzene rings is 1. The molecule has 4 rings (SSSR count). The lowest BCUT2D eigenvalue weighted by atomic mass is 9.90. The van der Waals surface area contributed by atoms with E-state index in [1.807, 2.05) is 43.7 Å². The fraction of sp³-hybridized carbons (Fsp3) is 0.476. The molecule has 0 bridgehead atoms. The number of nitrogens with zero attached hydrogens (tertiary/aromatic N) is 4. The highest BCUT2D eigenvalue weighted by Crippen LogP contribution is 2.35. The van der Waals surface area contributed by atoms with Gasteiger partial charge in [0, 0.05) is 31.1 Å². The maximum Gasteiger partial charge on any atom is 0.227 e. The van der Waals surface area contributed by atoms with Crippen molar-refractivity contribution in [1.29, 1.82) is 0 Å². The number of anilines is 1. The molecule has 3 heterocycles. The molecule has 8 heteroatoms. The van der Waals surface area contributed by atoms with E-state index in [4.69, 9.17) is 14.9 Å². The number of aryl methyl sites for hydroxylation is 1. The van der Waals surface area contributed by atoms with E-state index >= 15 is 0 Å². The number of ether oxygens (including phenoxy) is 1. The van der Waals surface area contributed by atoms with Gasteiger partial charge in [0.05, 0.1) is 12.5 Å². The van der Waals surface area contributed by atoms with Crippen molar-refractivity contribution >= 4 is 22.8 Å². The lowest BCUT2D eigenvalue weighted by Gasteiger charge is -2.35. The van der Waals surface area contributed by atoms with Gasteiger partial charge in [0.15, 0.2) is 5.76 Å². The van der Waals surface area contributed by atoms with Crippen LogP contribution in [0.25, 0.3) is 22.6 Å². The van der Waals surface area contributed by atoms with Crippen LogP contribution in [0, 0.1) is 18.8 Å². The van der Waals surface area contributed by atoms with Gasteiger partial charge < -0.3 is 19.8 Å². The van der Waals surface area contributed by atoms with Crippen molar-refractivity contribution in [2.45, 2.75) is 27.2 Å². The van der Waals surface area contributed by atoms with E-state index in [0.29, 0.717) is 36.6 Å². The van der Waals surface area contributed by atoms with E-state index < -0.39 is 0 Å². The van der Waals surface area contributed by atoms with Crippen molar-refractivity contribution in [3.8, 4) is 17.3 Å². The second kappa shape index (κ2) is 7.42. The SMILES string of the molecule is CCOc1ccc2oc(-c3nnc(N4CC(C)CC(C(N)=O)C4)n3C)c(C)c2c1. The maximum absolute atomic E-state index is 11.7. The highest BCUT2D eigenvalue weighted by atomic mass is 16.5. The zero-order valence-electron chi connectivity index (χ0n) is 17.3. The molecule has 8 nitrogen and oxygen atoms in total. The van der Waals surface area contributed by atoms with Crippen LogP contribution in [0.2, 0.25) is 0 Å². The summed E-state index contributed by atoms with van der Waals surface area (Å²) in [6.45, 7) is 8.08. The molecule has 0 radical (unpaired) electrons. The first-order chi connectivity index (χ1) is 13.9. The van der Waals surface area contributed by atoms with Gasteiger partial charge in [-0.3, -0.25) is 9.36 Å². The smallest absolute Gasteiger partial charge is 0.227 e. The first-order valence-electron chi connectivity index (χ1n) is 9.99. The standard InChI is InChI=1S/C21H27N5O3/c1-5-28-15-6-7-17-16(9-15)13(3)18(29-17)20-23-24-21(25(20)4)26-10-12(2)8-14(11-26)19(22)27/h6-7,9,12,14H,5,8,10-11H2,1-4H3,(H2,22,27). The number of furan rings is 1. The summed E-state index contributed by atoms with van der Waals surface area (Å²) in [7, 11) is 1.92. The van der Waals surface area contributed by atoms with Crippen molar-refractivity contribution < 1.29 is 13.9 Å². The molecule has 1 amide bonds. The lowest BCUT2D eigenvalue weighted by Crippen LogP contribution is -2.45. The van der Waals surface area contributed by atoms with Crippen molar-refractivity contribution in [2.24, 2.45) is 24.6 Å². The number of amides is 1. The van der Waals surface area contributed by atoms with E-state index in [1.54, 1.807) is 0 Å². The van der Waals surface area contributed by atoms with Crippen LogP contribution in [0.1, 0.15) is 25.8 Å². The second-order valence-electron chi connectivity index (χ2n) is 7.87. The van der Waals surface area contributed by atoms with Gasteiger partial charge in [0.25, 0.3) is 0 Å². The van der Waals surface area contributed by atoms with Gasteiger partial charge >= 0.3 is 0 Å². The van der Waals surface area contributed by atoms with Gasteiger partial charge in [-0.05, 0) is 44.4 Å². The number of piperidine rings is 1. The lowest BCUT2D eigenvalue weighted by molar-refractivity contribution is -0.122. The van der Waals surface area contributed by atoms with Gasteiger partial charge in [0.2, 0.25) is 17.7 Å². The van der Waals surface area contributed by atoms with Crippen molar-refractivity contribution in [2.75, 3.05) is 24.6 Å². The number of primary amides is 1. The van der Waals surface area contributed by atoms with Crippen molar-refractivity contribution in [1.82, 2.24) is 14.8 Å². The summed E-state index contributed by atoms with van der Waals surface area (Å²) in [5.74, 6) is 2.78. The number of carbonyl (C=O) groups excluding carboxylic acids is 1. The Morgan fingerprint density at radius 3 is 2.86 bits per heavy atom. The number of hydrogen-bond acceptors (Lipinski definition) is 6. The van der Waals surface area contributed by atoms with E-state index in [2.05, 4.69) is 22.0 Å². The zero-order valence-corrected chi connectivity index (χ0v) is 17.3. The number of carbonyl (C=O) groups is 1. The highest BCUT2D eigenvalue weighted by molar-refractivity contribution is 5.87. The highest BCUT2D eigenvalue weighted by Gasteiger charge is 2.31. The summed E-state index contributed by atoms with van der Waals surface area (Å²) in [6.07, 6.45) is 0.807. The quantitative estimate of drug-likeness (QED) is 0.711. The molecule has 2 unspecified atom stereocenters. The molecule has 0 saturated carbocycles. The summed E-state index contributed by atoms with van der Waals surface area (Å²) < 4.78 is 13.6. The predicted octanol–water partition coefficient (Wildman–Crippen LogP) is 2.88. The molecule has 29 heavy (non-hydrogen) atoms. The van der Waals surface area contributed by atoms with Gasteiger partial charge in [-0.25, -0.2) is 0 Å². The van der Waals surface area contributed by atoms with Crippen LogP contribution in [0.5, 0.6) is 5.75 Å². The Bertz CT molecular complexity index is 1050. The van der Waals surface area contributed by atoms with Crippen LogP contribution >= 0.6 is 0 Å². The number of nitrogens with two attached hydrogens (primary N) is 1. The van der Waals surface area contributed by atoms with Gasteiger partial charge in [0.1, 0.15) is 11.3 Å². The van der Waals surface area contributed by atoms with Crippen molar-refractivity contribution in [3.05, 3.63) is 23.8 Å². The predicted molar refractivity (Wildman–Crippen MR) is 111 cm³/mol. The summed E-state index contributed by atoms with van der Waals surface area (Å²) in [4.78, 5) is 13.8. The average molecular weight is 397 g/mol. The monoisotopic (exact) mass is 397 g/mol. The minimum absolute atomic E-state index is 0.177. The molecular weight excluding hydrogens is 370 g/mol. The van der Waals surface area contributed by atoms with E-state index in [0.717, 1.165) is 35.2 Å². The van der Waals surface area contributed by atoms with Gasteiger partial charge in [-0.15, -0.1) is 10.2 Å². The summed E-state index contributed by atoms with van der Waals surface area (Å²) in [5, 5.41) is 9.80. The number of rotatable bonds is 5. The van der Waals surface area contributed by atoms with Gasteiger partial charge in [-0.2, -0.15) is 0 Å². The number of fused-ring (bicyclic) bond motifs is 1. The Morgan fingerprint density at radius 1 is 1.34 bits per heavy atom. The molecule has 1 fully saturated rings. The molecule has 3 aromatic rings. The fourth-order valence-electron chi connectivity index (χ4n) is 4.18. The Kier molecular flexibility index (Phi) is 4.94. The molecule has 0 aliphatic carbocycles. The molecule has 0 spiro atoms. The Morgan fingerprint density at radius 2 is 2.14 bits per heavy atom. The van der Waals surface area contributed by atoms with Crippen LogP contribution in [-0.2, 0) is 11.8 Å². The largest absolute Gasteiger partial charge is 0.494 e. The normalized spacial score (nSPS) is 19.7. The molecule has 154 valence electrons. The summed E-state index contributed by atoms with van der Waals surface area (Å²) in [6, 6.07) is 5.81. The molecule has 1 saturated heterocycles. The molecule has 1 aliphatic heterocycles. The Balaban J connectivity index is 1.70. The Labute approximate surface area is 169 Å². The molecular formula is C21H27N5O3. The van der Waals surface area contributed by atoms with Crippen LogP contribution in [-0.4, -0.2) is 40.4 Å². The van der Waals surface area contributed by atoms with E-state index in [9.17, 15) is 4.79 Å². The average Bonchev–Trinajstić information content (AvgIpc) is 3.21. The van der Waals surface area contributed by atoms with Crippen molar-refractivity contribution in [3.63, 3.8) is 0 Å². The minimum atomic E-state index is -0.262. The minimum Gasteiger partial charge on any atom is -0.494 e. The topological polar surface area (TPSA) is 99.4 Å². The van der Waals surface area contributed by atoms with Crippen LogP contribution < -0.4 is 15.4 Å². The maximum atomic E-state index is 11.7. The molecule has 2 atom stereocenters. The summed E-state index contributed by atoms with van der Waals surface area (Å²) >= 11 is 0. The second-order valence-corrected chi connectivity index (χ2v) is 7.87. The first kappa shape index (κ1) is 19.3. The molecule has 1 aromatic carbocycles. The van der Waals surface area contributed by atoms with Crippen LogP contribution in [0.4, 0.5) is 5.95 Å². The third-order valence-electron chi connectivity index (χ3n) is 5.62. The zero-order chi connectivity index (χ0) is 20.7. The van der Waals surface area contributed by atoms with E-state index in [1.165, 1.54) is 0 Å². The Hall–Kier alpha value is -3.03.